The summed E-state index contributed by atoms with van der Waals surface area (Å²) in [6.45, 7) is 5.52. The van der Waals surface area contributed by atoms with Crippen molar-refractivity contribution in [2.45, 2.75) is 38.3 Å². The normalized spacial score (nSPS) is 11.9. The Labute approximate surface area is 232 Å². The van der Waals surface area contributed by atoms with Gasteiger partial charge in [0.15, 0.2) is 0 Å². The van der Waals surface area contributed by atoms with Gasteiger partial charge >= 0.3 is 0 Å². The fourth-order valence-corrected chi connectivity index (χ4v) is 5.62. The van der Waals surface area contributed by atoms with Gasteiger partial charge in [0.25, 0.3) is 10.0 Å². The summed E-state index contributed by atoms with van der Waals surface area (Å²) in [4.78, 5) is 27.8. The van der Waals surface area contributed by atoms with Gasteiger partial charge in [-0.25, -0.2) is 8.42 Å². The van der Waals surface area contributed by atoms with Gasteiger partial charge < -0.3 is 15.0 Å². The maximum absolute atomic E-state index is 13.8. The van der Waals surface area contributed by atoms with E-state index in [1.165, 1.54) is 24.1 Å². The highest BCUT2D eigenvalue weighted by Crippen LogP contribution is 2.27. The summed E-state index contributed by atoms with van der Waals surface area (Å²) in [6.07, 6.45) is 0. The van der Waals surface area contributed by atoms with Crippen molar-refractivity contribution in [1.29, 1.82) is 0 Å². The van der Waals surface area contributed by atoms with E-state index in [1.807, 2.05) is 38.1 Å². The molecule has 10 heteroatoms. The molecule has 1 atom stereocenters. The number of halogens is 1. The second-order valence-electron chi connectivity index (χ2n) is 8.69. The van der Waals surface area contributed by atoms with E-state index in [-0.39, 0.29) is 17.3 Å². The minimum atomic E-state index is -4.13. The predicted molar refractivity (Wildman–Crippen MR) is 152 cm³/mol. The summed E-state index contributed by atoms with van der Waals surface area (Å²) < 4.78 is 34.9. The maximum Gasteiger partial charge on any atom is 0.264 e. The number of likely N-dealkylation sites (N-methyl/N-ethyl adjacent to an activating group) is 1. The van der Waals surface area contributed by atoms with Crippen molar-refractivity contribution in [1.82, 2.24) is 10.2 Å². The molecule has 202 valence electrons. The van der Waals surface area contributed by atoms with Gasteiger partial charge in [-0.2, -0.15) is 0 Å². The molecular weight excluding hydrogens is 570 g/mol. The van der Waals surface area contributed by atoms with Gasteiger partial charge in [-0.05, 0) is 74.9 Å². The lowest BCUT2D eigenvalue weighted by atomic mass is 10.1. The molecule has 0 unspecified atom stereocenters. The number of benzene rings is 3. The van der Waals surface area contributed by atoms with Crippen LogP contribution in [-0.2, 0) is 26.2 Å². The SMILES string of the molecule is CCOc1ccc(N(CC(=O)N(Cc2cccc(C)c2)[C@H](C)C(=O)NC)S(=O)(=O)c2ccc(Br)cc2)cc1. The molecule has 0 aliphatic heterocycles. The number of hydrogen-bond acceptors (Lipinski definition) is 5. The third kappa shape index (κ3) is 7.14. The van der Waals surface area contributed by atoms with Crippen LogP contribution in [0.1, 0.15) is 25.0 Å². The topological polar surface area (TPSA) is 96.0 Å². The number of anilines is 1. The number of carbonyl (C=O) groups is 2. The Balaban J connectivity index is 2.03. The Morgan fingerprint density at radius 1 is 1.03 bits per heavy atom. The van der Waals surface area contributed by atoms with Crippen LogP contribution in [0.25, 0.3) is 0 Å². The predicted octanol–water partition coefficient (Wildman–Crippen LogP) is 4.51. The first kappa shape index (κ1) is 29.2. The molecule has 0 aromatic heterocycles. The Morgan fingerprint density at radius 2 is 1.68 bits per heavy atom. The first-order valence-corrected chi connectivity index (χ1v) is 14.4. The molecule has 0 saturated heterocycles. The molecule has 0 bridgehead atoms. The van der Waals surface area contributed by atoms with Crippen LogP contribution in [0.5, 0.6) is 5.75 Å². The molecule has 8 nitrogen and oxygen atoms in total. The molecule has 1 N–H and O–H groups in total. The quantitative estimate of drug-likeness (QED) is 0.349. The first-order valence-electron chi connectivity index (χ1n) is 12.1. The van der Waals surface area contributed by atoms with E-state index in [0.29, 0.717) is 18.0 Å². The second kappa shape index (κ2) is 12.9. The zero-order valence-electron chi connectivity index (χ0n) is 21.8. The Hall–Kier alpha value is -3.37. The number of sulfonamides is 1. The number of hydrogen-bond donors (Lipinski definition) is 1. The van der Waals surface area contributed by atoms with E-state index in [4.69, 9.17) is 4.74 Å². The lowest BCUT2D eigenvalue weighted by molar-refractivity contribution is -0.139. The van der Waals surface area contributed by atoms with Crippen LogP contribution in [0.3, 0.4) is 0 Å². The number of ether oxygens (including phenoxy) is 1. The van der Waals surface area contributed by atoms with Gasteiger partial charge in [-0.15, -0.1) is 0 Å². The molecular formula is C28H32BrN3O5S. The minimum absolute atomic E-state index is 0.0342. The smallest absolute Gasteiger partial charge is 0.264 e. The minimum Gasteiger partial charge on any atom is -0.494 e. The molecule has 0 aliphatic rings. The zero-order valence-corrected chi connectivity index (χ0v) is 24.3. The first-order chi connectivity index (χ1) is 18.1. The summed E-state index contributed by atoms with van der Waals surface area (Å²) in [6, 6.07) is 19.5. The summed E-state index contributed by atoms with van der Waals surface area (Å²) in [7, 11) is -2.63. The van der Waals surface area contributed by atoms with E-state index in [2.05, 4.69) is 21.2 Å². The molecule has 0 radical (unpaired) electrons. The van der Waals surface area contributed by atoms with E-state index >= 15 is 0 Å². The number of nitrogens with one attached hydrogen (secondary N) is 1. The van der Waals surface area contributed by atoms with Crippen LogP contribution in [0.15, 0.2) is 82.2 Å². The van der Waals surface area contributed by atoms with Crippen LogP contribution >= 0.6 is 15.9 Å². The number of nitrogens with zero attached hydrogens (tertiary/aromatic N) is 2. The Kier molecular flexibility index (Phi) is 9.93. The number of rotatable bonds is 11. The Bertz CT molecular complexity index is 1360. The Morgan fingerprint density at radius 3 is 2.26 bits per heavy atom. The van der Waals surface area contributed by atoms with E-state index < -0.39 is 28.5 Å². The third-order valence-corrected chi connectivity index (χ3v) is 8.28. The number of amides is 2. The maximum atomic E-state index is 13.8. The van der Waals surface area contributed by atoms with Gasteiger partial charge in [-0.1, -0.05) is 45.8 Å². The third-order valence-electron chi connectivity index (χ3n) is 5.97. The summed E-state index contributed by atoms with van der Waals surface area (Å²) in [5.41, 5.74) is 2.14. The van der Waals surface area contributed by atoms with Crippen LogP contribution in [0.4, 0.5) is 5.69 Å². The van der Waals surface area contributed by atoms with Crippen molar-refractivity contribution in [3.05, 3.63) is 88.4 Å². The molecule has 0 spiro atoms. The van der Waals surface area contributed by atoms with Crippen molar-refractivity contribution in [2.24, 2.45) is 0 Å². The fourth-order valence-electron chi connectivity index (χ4n) is 3.94. The van der Waals surface area contributed by atoms with Gasteiger partial charge in [0, 0.05) is 18.1 Å². The second-order valence-corrected chi connectivity index (χ2v) is 11.5. The molecule has 3 aromatic carbocycles. The average Bonchev–Trinajstić information content (AvgIpc) is 2.90. The lowest BCUT2D eigenvalue weighted by Gasteiger charge is -2.32. The van der Waals surface area contributed by atoms with Crippen molar-refractivity contribution >= 4 is 43.5 Å². The zero-order chi connectivity index (χ0) is 27.9. The van der Waals surface area contributed by atoms with Crippen LogP contribution in [0, 0.1) is 6.92 Å². The van der Waals surface area contributed by atoms with Crippen molar-refractivity contribution in [2.75, 3.05) is 24.5 Å². The molecule has 38 heavy (non-hydrogen) atoms. The monoisotopic (exact) mass is 601 g/mol. The van der Waals surface area contributed by atoms with E-state index in [9.17, 15) is 18.0 Å². The lowest BCUT2D eigenvalue weighted by Crippen LogP contribution is -2.50. The highest BCUT2D eigenvalue weighted by Gasteiger charge is 2.32. The highest BCUT2D eigenvalue weighted by molar-refractivity contribution is 9.10. The number of aryl methyl sites for hydroxylation is 1. The molecule has 0 heterocycles. The fraction of sp³-hybridized carbons (Fsp3) is 0.286. The number of carbonyl (C=O) groups excluding carboxylic acids is 2. The molecule has 0 aliphatic carbocycles. The molecule has 0 saturated carbocycles. The molecule has 2 amide bonds. The average molecular weight is 603 g/mol. The summed E-state index contributed by atoms with van der Waals surface area (Å²) in [5, 5.41) is 2.58. The van der Waals surface area contributed by atoms with E-state index in [0.717, 1.165) is 19.9 Å². The van der Waals surface area contributed by atoms with Crippen LogP contribution < -0.4 is 14.4 Å². The standard InChI is InChI=1S/C28H32BrN3O5S/c1-5-37-25-13-11-24(12-14-25)32(38(35,36)26-15-9-23(29)10-16-26)19-27(33)31(21(3)28(34)30-4)18-22-8-6-7-20(2)17-22/h6-17,21H,5,18-19H2,1-4H3,(H,30,34)/t21-/m1/s1. The van der Waals surface area contributed by atoms with Gasteiger partial charge in [-0.3, -0.25) is 13.9 Å². The van der Waals surface area contributed by atoms with Crippen molar-refractivity contribution in [3.8, 4) is 5.75 Å². The molecule has 3 aromatic rings. The van der Waals surface area contributed by atoms with Gasteiger partial charge in [0.2, 0.25) is 11.8 Å². The van der Waals surface area contributed by atoms with Crippen molar-refractivity contribution in [3.63, 3.8) is 0 Å². The van der Waals surface area contributed by atoms with Gasteiger partial charge in [0.1, 0.15) is 18.3 Å². The van der Waals surface area contributed by atoms with Crippen molar-refractivity contribution < 1.29 is 22.7 Å². The van der Waals surface area contributed by atoms with E-state index in [1.54, 1.807) is 43.3 Å². The van der Waals surface area contributed by atoms with Gasteiger partial charge in [0.05, 0.1) is 17.2 Å². The summed E-state index contributed by atoms with van der Waals surface area (Å²) in [5.74, 6) is -0.288. The largest absolute Gasteiger partial charge is 0.494 e. The summed E-state index contributed by atoms with van der Waals surface area (Å²) >= 11 is 3.33. The highest BCUT2D eigenvalue weighted by atomic mass is 79.9. The molecule has 3 rings (SSSR count). The van der Waals surface area contributed by atoms with Crippen LogP contribution in [0.2, 0.25) is 0 Å². The molecule has 0 fully saturated rings. The van der Waals surface area contributed by atoms with Crippen LogP contribution in [-0.4, -0.2) is 51.4 Å².